The molecule has 1 heterocycles. The van der Waals surface area contributed by atoms with E-state index in [0.717, 1.165) is 13.0 Å². The molecule has 68 valence electrons. The van der Waals surface area contributed by atoms with Crippen molar-refractivity contribution < 1.29 is 4.74 Å². The Morgan fingerprint density at radius 2 is 2.50 bits per heavy atom. The van der Waals surface area contributed by atoms with Crippen molar-refractivity contribution in [3.8, 4) is 0 Å². The van der Waals surface area contributed by atoms with Crippen LogP contribution in [0.1, 0.15) is 13.3 Å². The SMILES string of the molecule is C=CC1CCN(C(C)OC)C1=N. The minimum Gasteiger partial charge on any atom is -0.362 e. The summed E-state index contributed by atoms with van der Waals surface area (Å²) in [5.41, 5.74) is 0. The van der Waals surface area contributed by atoms with Gasteiger partial charge in [0, 0.05) is 19.6 Å². The zero-order valence-electron chi connectivity index (χ0n) is 7.71. The number of methoxy groups -OCH3 is 1. The van der Waals surface area contributed by atoms with E-state index in [-0.39, 0.29) is 12.1 Å². The number of nitrogens with one attached hydrogen (secondary N) is 1. The Balaban J connectivity index is 2.60. The summed E-state index contributed by atoms with van der Waals surface area (Å²) in [5, 5.41) is 7.77. The minimum atomic E-state index is 0.0162. The third-order valence-corrected chi connectivity index (χ3v) is 2.41. The first-order chi connectivity index (χ1) is 5.70. The Kier molecular flexibility index (Phi) is 2.87. The van der Waals surface area contributed by atoms with Gasteiger partial charge >= 0.3 is 0 Å². The van der Waals surface area contributed by atoms with Crippen molar-refractivity contribution >= 4 is 5.84 Å². The van der Waals surface area contributed by atoms with Crippen LogP contribution in [0.15, 0.2) is 12.7 Å². The summed E-state index contributed by atoms with van der Waals surface area (Å²) >= 11 is 0. The summed E-state index contributed by atoms with van der Waals surface area (Å²) in [6.45, 7) is 6.57. The number of nitrogens with zero attached hydrogens (tertiary/aromatic N) is 1. The molecule has 0 bridgehead atoms. The molecule has 1 saturated heterocycles. The van der Waals surface area contributed by atoms with Gasteiger partial charge in [0.25, 0.3) is 0 Å². The number of likely N-dealkylation sites (tertiary alicyclic amines) is 1. The van der Waals surface area contributed by atoms with Gasteiger partial charge < -0.3 is 9.64 Å². The Labute approximate surface area is 73.5 Å². The Morgan fingerprint density at radius 1 is 1.83 bits per heavy atom. The summed E-state index contributed by atoms with van der Waals surface area (Å²) in [7, 11) is 1.67. The Hall–Kier alpha value is -0.830. The van der Waals surface area contributed by atoms with Crippen LogP contribution in [0, 0.1) is 11.3 Å². The van der Waals surface area contributed by atoms with E-state index < -0.39 is 0 Å². The van der Waals surface area contributed by atoms with Crippen LogP contribution in [-0.2, 0) is 4.74 Å². The number of ether oxygens (including phenoxy) is 1. The quantitative estimate of drug-likeness (QED) is 0.648. The second-order valence-electron chi connectivity index (χ2n) is 3.04. The fourth-order valence-corrected chi connectivity index (χ4v) is 1.48. The zero-order valence-corrected chi connectivity index (χ0v) is 7.71. The van der Waals surface area contributed by atoms with Gasteiger partial charge in [-0.3, -0.25) is 5.41 Å². The number of amidine groups is 1. The lowest BCUT2D eigenvalue weighted by Gasteiger charge is -2.24. The lowest BCUT2D eigenvalue weighted by atomic mass is 10.1. The van der Waals surface area contributed by atoms with Gasteiger partial charge in [-0.1, -0.05) is 6.08 Å². The molecule has 2 atom stereocenters. The highest BCUT2D eigenvalue weighted by molar-refractivity contribution is 5.85. The fraction of sp³-hybridized carbons (Fsp3) is 0.667. The van der Waals surface area contributed by atoms with Crippen molar-refractivity contribution in [1.29, 1.82) is 5.41 Å². The van der Waals surface area contributed by atoms with Crippen LogP contribution in [-0.4, -0.2) is 30.6 Å². The second-order valence-corrected chi connectivity index (χ2v) is 3.04. The molecule has 0 radical (unpaired) electrons. The molecule has 3 nitrogen and oxygen atoms in total. The lowest BCUT2D eigenvalue weighted by Crippen LogP contribution is -2.36. The second kappa shape index (κ2) is 3.72. The summed E-state index contributed by atoms with van der Waals surface area (Å²) in [6, 6.07) is 0. The molecule has 0 aromatic carbocycles. The maximum atomic E-state index is 7.77. The van der Waals surface area contributed by atoms with E-state index in [4.69, 9.17) is 10.1 Å². The monoisotopic (exact) mass is 168 g/mol. The van der Waals surface area contributed by atoms with Gasteiger partial charge in [0.2, 0.25) is 0 Å². The first-order valence-corrected chi connectivity index (χ1v) is 4.21. The Morgan fingerprint density at radius 3 is 2.92 bits per heavy atom. The molecular formula is C9H16N2O. The molecule has 2 unspecified atom stereocenters. The molecule has 0 spiro atoms. The predicted molar refractivity (Wildman–Crippen MR) is 49.2 cm³/mol. The van der Waals surface area contributed by atoms with E-state index in [2.05, 4.69) is 6.58 Å². The molecule has 1 fully saturated rings. The molecule has 0 saturated carbocycles. The Bertz CT molecular complexity index is 191. The molecule has 12 heavy (non-hydrogen) atoms. The molecule has 1 N–H and O–H groups in total. The first kappa shape index (κ1) is 9.26. The minimum absolute atomic E-state index is 0.0162. The van der Waals surface area contributed by atoms with Gasteiger partial charge in [0.15, 0.2) is 0 Å². The van der Waals surface area contributed by atoms with Crippen LogP contribution in [0.4, 0.5) is 0 Å². The molecule has 1 aliphatic heterocycles. The number of hydrogen-bond acceptors (Lipinski definition) is 2. The first-order valence-electron chi connectivity index (χ1n) is 4.21. The van der Waals surface area contributed by atoms with Gasteiger partial charge in [-0.05, 0) is 13.3 Å². The largest absolute Gasteiger partial charge is 0.362 e. The van der Waals surface area contributed by atoms with Crippen LogP contribution in [0.25, 0.3) is 0 Å². The van der Waals surface area contributed by atoms with Gasteiger partial charge in [-0.15, -0.1) is 6.58 Å². The standard InChI is InChI=1S/C9H16N2O/c1-4-8-5-6-11(9(8)10)7(2)12-3/h4,7-8,10H,1,5-6H2,2-3H3. The van der Waals surface area contributed by atoms with Crippen molar-refractivity contribution in [2.24, 2.45) is 5.92 Å². The van der Waals surface area contributed by atoms with E-state index in [1.807, 2.05) is 17.9 Å². The zero-order chi connectivity index (χ0) is 9.14. The molecule has 0 amide bonds. The van der Waals surface area contributed by atoms with E-state index in [1.54, 1.807) is 7.11 Å². The lowest BCUT2D eigenvalue weighted by molar-refractivity contribution is 0.0272. The van der Waals surface area contributed by atoms with Gasteiger partial charge in [0.05, 0.1) is 0 Å². The predicted octanol–water partition coefficient (Wildman–Crippen LogP) is 1.46. The van der Waals surface area contributed by atoms with Gasteiger partial charge in [-0.25, -0.2) is 0 Å². The molecular weight excluding hydrogens is 152 g/mol. The van der Waals surface area contributed by atoms with Crippen molar-refractivity contribution in [1.82, 2.24) is 4.90 Å². The van der Waals surface area contributed by atoms with E-state index in [1.165, 1.54) is 0 Å². The van der Waals surface area contributed by atoms with Gasteiger partial charge in [-0.2, -0.15) is 0 Å². The van der Waals surface area contributed by atoms with Crippen molar-refractivity contribution in [2.45, 2.75) is 19.6 Å². The van der Waals surface area contributed by atoms with E-state index in [0.29, 0.717) is 5.84 Å². The highest BCUT2D eigenvalue weighted by atomic mass is 16.5. The third kappa shape index (κ3) is 1.50. The summed E-state index contributed by atoms with van der Waals surface area (Å²) in [6.07, 6.45) is 2.85. The molecule has 1 aliphatic rings. The summed E-state index contributed by atoms with van der Waals surface area (Å²) in [5.74, 6) is 0.863. The molecule has 0 aromatic heterocycles. The topological polar surface area (TPSA) is 36.3 Å². The normalized spacial score (nSPS) is 26.0. The third-order valence-electron chi connectivity index (χ3n) is 2.41. The van der Waals surface area contributed by atoms with E-state index in [9.17, 15) is 0 Å². The van der Waals surface area contributed by atoms with Crippen LogP contribution in [0.5, 0.6) is 0 Å². The van der Waals surface area contributed by atoms with E-state index >= 15 is 0 Å². The molecule has 3 heteroatoms. The number of rotatable bonds is 3. The fourth-order valence-electron chi connectivity index (χ4n) is 1.48. The van der Waals surface area contributed by atoms with Crippen LogP contribution < -0.4 is 0 Å². The van der Waals surface area contributed by atoms with Crippen molar-refractivity contribution in [3.05, 3.63) is 12.7 Å². The van der Waals surface area contributed by atoms with Crippen LogP contribution in [0.3, 0.4) is 0 Å². The average molecular weight is 168 g/mol. The summed E-state index contributed by atoms with van der Waals surface area (Å²) in [4.78, 5) is 1.96. The van der Waals surface area contributed by atoms with Crippen molar-refractivity contribution in [2.75, 3.05) is 13.7 Å². The maximum absolute atomic E-state index is 7.77. The van der Waals surface area contributed by atoms with Crippen LogP contribution >= 0.6 is 0 Å². The highest BCUT2D eigenvalue weighted by Crippen LogP contribution is 2.21. The average Bonchev–Trinajstić information content (AvgIpc) is 2.45. The van der Waals surface area contributed by atoms with Crippen molar-refractivity contribution in [3.63, 3.8) is 0 Å². The summed E-state index contributed by atoms with van der Waals surface area (Å²) < 4.78 is 5.15. The molecule has 0 aliphatic carbocycles. The highest BCUT2D eigenvalue weighted by Gasteiger charge is 2.28. The van der Waals surface area contributed by atoms with Gasteiger partial charge in [0.1, 0.15) is 12.1 Å². The molecule has 0 aromatic rings. The molecule has 1 rings (SSSR count). The maximum Gasteiger partial charge on any atom is 0.127 e. The smallest absolute Gasteiger partial charge is 0.127 e. The van der Waals surface area contributed by atoms with Crippen LogP contribution in [0.2, 0.25) is 0 Å². The number of hydrogen-bond donors (Lipinski definition) is 1.